The Morgan fingerprint density at radius 1 is 1.03 bits per heavy atom. The van der Waals surface area contributed by atoms with Gasteiger partial charge in [0.05, 0.1) is 6.10 Å². The highest BCUT2D eigenvalue weighted by atomic mass is 16.3. The summed E-state index contributed by atoms with van der Waals surface area (Å²) < 4.78 is 0. The predicted molar refractivity (Wildman–Crippen MR) is 124 cm³/mol. The van der Waals surface area contributed by atoms with Crippen LogP contribution in [0.25, 0.3) is 0 Å². The summed E-state index contributed by atoms with van der Waals surface area (Å²) in [5, 5.41) is 11.0. The van der Waals surface area contributed by atoms with Crippen molar-refractivity contribution in [3.8, 4) is 0 Å². The van der Waals surface area contributed by atoms with E-state index >= 15 is 0 Å². The van der Waals surface area contributed by atoms with E-state index in [1.165, 1.54) is 32.1 Å². The van der Waals surface area contributed by atoms with Crippen molar-refractivity contribution in [3.63, 3.8) is 0 Å². The lowest BCUT2D eigenvalue weighted by atomic mass is 9.53. The van der Waals surface area contributed by atoms with E-state index in [2.05, 4.69) is 59.8 Å². The molecule has 0 spiro atoms. The topological polar surface area (TPSA) is 20.2 Å². The third kappa shape index (κ3) is 3.31. The Balaban J connectivity index is 1.60. The molecule has 1 N–H and O–H groups in total. The Bertz CT molecular complexity index is 725. The van der Waals surface area contributed by atoms with Crippen LogP contribution in [0.4, 0.5) is 0 Å². The van der Waals surface area contributed by atoms with Gasteiger partial charge in [-0.1, -0.05) is 69.6 Å². The van der Waals surface area contributed by atoms with E-state index in [-0.39, 0.29) is 11.5 Å². The van der Waals surface area contributed by atoms with Gasteiger partial charge in [-0.25, -0.2) is 0 Å². The molecule has 29 heavy (non-hydrogen) atoms. The minimum absolute atomic E-state index is 0.0521. The van der Waals surface area contributed by atoms with E-state index < -0.39 is 0 Å². The quantitative estimate of drug-likeness (QED) is 0.488. The Labute approximate surface area is 179 Å². The van der Waals surface area contributed by atoms with Crippen molar-refractivity contribution in [2.75, 3.05) is 0 Å². The summed E-state index contributed by atoms with van der Waals surface area (Å²) in [6, 6.07) is 0. The van der Waals surface area contributed by atoms with Crippen molar-refractivity contribution in [1.29, 1.82) is 0 Å². The fourth-order valence-corrected chi connectivity index (χ4v) is 7.58. The third-order valence-electron chi connectivity index (χ3n) is 9.99. The van der Waals surface area contributed by atoms with Crippen LogP contribution < -0.4 is 0 Å². The van der Waals surface area contributed by atoms with E-state index in [0.717, 1.165) is 37.0 Å². The first-order chi connectivity index (χ1) is 13.7. The molecular weight excluding hydrogens is 352 g/mol. The van der Waals surface area contributed by atoms with Crippen LogP contribution in [0.15, 0.2) is 34.9 Å². The van der Waals surface area contributed by atoms with Crippen LogP contribution in [-0.4, -0.2) is 11.2 Å². The van der Waals surface area contributed by atoms with Gasteiger partial charge >= 0.3 is 0 Å². The van der Waals surface area contributed by atoms with Crippen molar-refractivity contribution >= 4 is 0 Å². The molecule has 1 heteroatoms. The van der Waals surface area contributed by atoms with E-state index in [1.54, 1.807) is 16.7 Å². The number of allylic oxidation sites excluding steroid dienone is 4. The molecule has 162 valence electrons. The average molecular weight is 397 g/mol. The highest BCUT2D eigenvalue weighted by Crippen LogP contribution is 2.64. The van der Waals surface area contributed by atoms with Crippen molar-refractivity contribution in [1.82, 2.24) is 0 Å². The van der Waals surface area contributed by atoms with Gasteiger partial charge in [-0.15, -0.1) is 0 Å². The number of aliphatic hydroxyl groups excluding tert-OH is 1. The van der Waals surface area contributed by atoms with Gasteiger partial charge in [-0.2, -0.15) is 0 Å². The highest BCUT2D eigenvalue weighted by molar-refractivity contribution is 5.44. The molecule has 4 aliphatic carbocycles. The fourth-order valence-electron chi connectivity index (χ4n) is 7.58. The van der Waals surface area contributed by atoms with Crippen molar-refractivity contribution < 1.29 is 5.11 Å². The van der Waals surface area contributed by atoms with Gasteiger partial charge in [-0.3, -0.25) is 0 Å². The summed E-state index contributed by atoms with van der Waals surface area (Å²) in [5.74, 6) is 3.58. The molecule has 1 unspecified atom stereocenters. The van der Waals surface area contributed by atoms with Gasteiger partial charge in [0.2, 0.25) is 0 Å². The molecule has 0 aromatic heterocycles. The van der Waals surface area contributed by atoms with Crippen molar-refractivity contribution in [3.05, 3.63) is 34.9 Å². The zero-order valence-corrected chi connectivity index (χ0v) is 19.8. The SMILES string of the molecule is CC(C)[C@@H](C)/C=C/[C@@H](C)[C@H]1CC[C@H]2C3=C(CC[C@]12C)[C@]1(C)C(=CC3)CCCC1O. The lowest BCUT2D eigenvalue weighted by Crippen LogP contribution is -2.45. The van der Waals surface area contributed by atoms with E-state index in [4.69, 9.17) is 0 Å². The molecule has 0 amide bonds. The number of aliphatic hydroxyl groups is 1. The lowest BCUT2D eigenvalue weighted by Gasteiger charge is -2.53. The second-order valence-electron chi connectivity index (χ2n) is 11.6. The van der Waals surface area contributed by atoms with Crippen molar-refractivity contribution in [2.45, 2.75) is 99.0 Å². The Morgan fingerprint density at radius 3 is 2.52 bits per heavy atom. The molecule has 0 saturated heterocycles. The predicted octanol–water partition coefficient (Wildman–Crippen LogP) is 7.47. The van der Waals surface area contributed by atoms with Crippen LogP contribution in [0.2, 0.25) is 0 Å². The van der Waals surface area contributed by atoms with Gasteiger partial charge in [-0.05, 0) is 93.3 Å². The molecule has 7 atom stereocenters. The van der Waals surface area contributed by atoms with Crippen LogP contribution in [-0.2, 0) is 0 Å². The van der Waals surface area contributed by atoms with Gasteiger partial charge in [0.25, 0.3) is 0 Å². The molecule has 1 nitrogen and oxygen atoms in total. The largest absolute Gasteiger partial charge is 0.392 e. The van der Waals surface area contributed by atoms with Gasteiger partial charge in [0.15, 0.2) is 0 Å². The summed E-state index contributed by atoms with van der Waals surface area (Å²) in [4.78, 5) is 0. The zero-order chi connectivity index (χ0) is 21.0. The van der Waals surface area contributed by atoms with Gasteiger partial charge in [0, 0.05) is 5.41 Å². The summed E-state index contributed by atoms with van der Waals surface area (Å²) in [6.45, 7) is 14.4. The summed E-state index contributed by atoms with van der Waals surface area (Å²) in [7, 11) is 0. The van der Waals surface area contributed by atoms with Gasteiger partial charge < -0.3 is 5.11 Å². The molecule has 0 aromatic rings. The molecule has 4 aliphatic rings. The van der Waals surface area contributed by atoms with E-state index in [0.29, 0.717) is 17.3 Å². The minimum Gasteiger partial charge on any atom is -0.392 e. The second kappa shape index (κ2) is 7.70. The molecule has 0 radical (unpaired) electrons. The zero-order valence-electron chi connectivity index (χ0n) is 19.8. The molecule has 0 heterocycles. The lowest BCUT2D eigenvalue weighted by molar-refractivity contribution is 0.0429. The smallest absolute Gasteiger partial charge is 0.0668 e. The highest BCUT2D eigenvalue weighted by Gasteiger charge is 2.55. The summed E-state index contributed by atoms with van der Waals surface area (Å²) >= 11 is 0. The first kappa shape index (κ1) is 21.4. The number of hydrogen-bond acceptors (Lipinski definition) is 1. The second-order valence-corrected chi connectivity index (χ2v) is 11.6. The molecule has 4 rings (SSSR count). The normalized spacial score (nSPS) is 41.8. The van der Waals surface area contributed by atoms with Crippen molar-refractivity contribution in [2.24, 2.45) is 40.4 Å². The fraction of sp³-hybridized carbons (Fsp3) is 0.786. The number of fused-ring (bicyclic) bond motifs is 4. The van der Waals surface area contributed by atoms with Crippen LogP contribution in [0.3, 0.4) is 0 Å². The first-order valence-electron chi connectivity index (χ1n) is 12.5. The molecule has 2 fully saturated rings. The van der Waals surface area contributed by atoms with Crippen LogP contribution in [0, 0.1) is 40.4 Å². The summed E-state index contributed by atoms with van der Waals surface area (Å²) in [6.07, 6.45) is 17.1. The average Bonchev–Trinajstić information content (AvgIpc) is 3.04. The monoisotopic (exact) mass is 396 g/mol. The minimum atomic E-state index is -0.172. The van der Waals surface area contributed by atoms with Crippen LogP contribution >= 0.6 is 0 Å². The molecular formula is C28H44O. The first-order valence-corrected chi connectivity index (χ1v) is 12.5. The Morgan fingerprint density at radius 2 is 1.79 bits per heavy atom. The third-order valence-corrected chi connectivity index (χ3v) is 9.99. The maximum absolute atomic E-state index is 11.0. The van der Waals surface area contributed by atoms with Crippen LogP contribution in [0.1, 0.15) is 92.9 Å². The Hall–Kier alpha value is -0.820. The molecule has 0 aliphatic heterocycles. The van der Waals surface area contributed by atoms with Gasteiger partial charge in [0.1, 0.15) is 0 Å². The molecule has 2 saturated carbocycles. The van der Waals surface area contributed by atoms with E-state index in [9.17, 15) is 5.11 Å². The Kier molecular flexibility index (Phi) is 5.69. The van der Waals surface area contributed by atoms with E-state index in [1.807, 2.05) is 0 Å². The number of hydrogen-bond donors (Lipinski definition) is 1. The molecule has 0 aromatic carbocycles. The summed E-state index contributed by atoms with van der Waals surface area (Å²) in [5.41, 5.74) is 5.32. The number of rotatable bonds is 4. The maximum atomic E-state index is 11.0. The van der Waals surface area contributed by atoms with Crippen LogP contribution in [0.5, 0.6) is 0 Å². The molecule has 0 bridgehead atoms. The maximum Gasteiger partial charge on any atom is 0.0668 e. The standard InChI is InChI=1S/C28H44O/c1-18(2)19(3)10-11-20(4)23-14-15-24-22-13-12-21-8-7-9-26(29)28(21,6)25(22)16-17-27(23,24)5/h10-12,18-20,23-24,26,29H,7-9,13-17H2,1-6H3/b11-10+/t19-,20+,23+,24-,26?,27+,28-/m0/s1.